The molecule has 3 rings (SSSR count). The summed E-state index contributed by atoms with van der Waals surface area (Å²) in [5.41, 5.74) is 1.30. The van der Waals surface area contributed by atoms with Gasteiger partial charge in [0.2, 0.25) is 0 Å². The van der Waals surface area contributed by atoms with Gasteiger partial charge in [0.25, 0.3) is 11.6 Å². The minimum absolute atomic E-state index is 0.0674. The zero-order valence-electron chi connectivity index (χ0n) is 12.0. The van der Waals surface area contributed by atoms with Crippen molar-refractivity contribution in [3.8, 4) is 0 Å². The van der Waals surface area contributed by atoms with Gasteiger partial charge in [-0.15, -0.1) is 0 Å². The molecule has 116 valence electrons. The first-order valence-corrected chi connectivity index (χ1v) is 7.33. The number of nitrogens with zero attached hydrogens (tertiary/aromatic N) is 3. The van der Waals surface area contributed by atoms with Crippen LogP contribution in [0.2, 0.25) is 5.02 Å². The highest BCUT2D eigenvalue weighted by atomic mass is 35.5. The van der Waals surface area contributed by atoms with Crippen LogP contribution in [0.25, 0.3) is 0 Å². The number of halogens is 1. The summed E-state index contributed by atoms with van der Waals surface area (Å²) in [5, 5.41) is 17.1. The van der Waals surface area contributed by atoms with E-state index >= 15 is 0 Å². The van der Waals surface area contributed by atoms with Gasteiger partial charge < -0.3 is 0 Å². The number of nitro benzene ring substituents is 1. The van der Waals surface area contributed by atoms with Gasteiger partial charge in [0.15, 0.2) is 0 Å². The molecule has 0 atom stereocenters. The molecule has 1 aliphatic rings. The average molecular weight is 330 g/mol. The fraction of sp³-hybridized carbons (Fsp3) is 0.125. The number of benzene rings is 2. The summed E-state index contributed by atoms with van der Waals surface area (Å²) in [6.07, 6.45) is 0.444. The van der Waals surface area contributed by atoms with E-state index in [9.17, 15) is 14.9 Å². The van der Waals surface area contributed by atoms with Crippen molar-refractivity contribution in [3.63, 3.8) is 0 Å². The third-order valence-electron chi connectivity index (χ3n) is 3.52. The van der Waals surface area contributed by atoms with Crippen LogP contribution >= 0.6 is 11.6 Å². The fourth-order valence-electron chi connectivity index (χ4n) is 2.42. The van der Waals surface area contributed by atoms with Gasteiger partial charge in [-0.1, -0.05) is 29.8 Å². The van der Waals surface area contributed by atoms with E-state index in [0.29, 0.717) is 34.8 Å². The van der Waals surface area contributed by atoms with E-state index in [1.54, 1.807) is 24.3 Å². The molecule has 0 unspecified atom stereocenters. The standard InChI is InChI=1S/C16H12ClN3O3/c17-12-6-7-15(20(22)23)13(10-12)14-8-9-19(18-14)16(21)11-4-2-1-3-5-11/h1-7,10H,8-9H2. The number of hydrogen-bond acceptors (Lipinski definition) is 4. The third-order valence-corrected chi connectivity index (χ3v) is 3.76. The van der Waals surface area contributed by atoms with E-state index in [1.165, 1.54) is 23.2 Å². The maximum absolute atomic E-state index is 12.4. The molecule has 0 N–H and O–H groups in total. The third kappa shape index (κ3) is 3.07. The zero-order valence-corrected chi connectivity index (χ0v) is 12.7. The van der Waals surface area contributed by atoms with E-state index in [-0.39, 0.29) is 11.6 Å². The molecule has 0 spiro atoms. The quantitative estimate of drug-likeness (QED) is 0.638. The number of hydrogen-bond donors (Lipinski definition) is 0. The van der Waals surface area contributed by atoms with E-state index in [1.807, 2.05) is 6.07 Å². The van der Waals surface area contributed by atoms with Crippen LogP contribution in [0.3, 0.4) is 0 Å². The van der Waals surface area contributed by atoms with Gasteiger partial charge in [0.1, 0.15) is 0 Å². The van der Waals surface area contributed by atoms with Crippen LogP contribution in [0.4, 0.5) is 5.69 Å². The minimum atomic E-state index is -0.476. The number of carbonyl (C=O) groups is 1. The van der Waals surface area contributed by atoms with Crippen molar-refractivity contribution in [1.82, 2.24) is 5.01 Å². The molecule has 6 nitrogen and oxygen atoms in total. The summed E-state index contributed by atoms with van der Waals surface area (Å²) in [6.45, 7) is 0.382. The Hall–Kier alpha value is -2.73. The fourth-order valence-corrected chi connectivity index (χ4v) is 2.59. The first kappa shape index (κ1) is 15.2. The molecule has 23 heavy (non-hydrogen) atoms. The molecule has 0 aliphatic carbocycles. The topological polar surface area (TPSA) is 75.8 Å². The lowest BCUT2D eigenvalue weighted by molar-refractivity contribution is -0.385. The highest BCUT2D eigenvalue weighted by Crippen LogP contribution is 2.27. The van der Waals surface area contributed by atoms with Crippen molar-refractivity contribution < 1.29 is 9.72 Å². The van der Waals surface area contributed by atoms with Gasteiger partial charge in [0, 0.05) is 23.1 Å². The van der Waals surface area contributed by atoms with Crippen LogP contribution in [0, 0.1) is 10.1 Å². The average Bonchev–Trinajstić information content (AvgIpc) is 3.04. The van der Waals surface area contributed by atoms with Gasteiger partial charge in [-0.3, -0.25) is 14.9 Å². The number of nitro groups is 1. The summed E-state index contributed by atoms with van der Waals surface area (Å²) in [4.78, 5) is 23.0. The summed E-state index contributed by atoms with van der Waals surface area (Å²) < 4.78 is 0. The van der Waals surface area contributed by atoms with Crippen LogP contribution in [0.15, 0.2) is 53.6 Å². The maximum atomic E-state index is 12.4. The number of rotatable bonds is 3. The number of carbonyl (C=O) groups excluding carboxylic acids is 1. The Morgan fingerprint density at radius 1 is 1.22 bits per heavy atom. The second kappa shape index (κ2) is 6.18. The predicted molar refractivity (Wildman–Crippen MR) is 86.7 cm³/mol. The summed E-state index contributed by atoms with van der Waals surface area (Å²) in [5.74, 6) is -0.231. The monoisotopic (exact) mass is 329 g/mol. The van der Waals surface area contributed by atoms with Crippen molar-refractivity contribution >= 4 is 28.9 Å². The first-order valence-electron chi connectivity index (χ1n) is 6.95. The van der Waals surface area contributed by atoms with E-state index in [4.69, 9.17) is 11.6 Å². The van der Waals surface area contributed by atoms with Crippen LogP contribution in [-0.4, -0.2) is 28.1 Å². The molecule has 0 radical (unpaired) electrons. The SMILES string of the molecule is O=C(c1ccccc1)N1CCC(c2cc(Cl)ccc2[N+](=O)[O-])=N1. The Balaban J connectivity index is 1.93. The Kier molecular flexibility index (Phi) is 4.08. The van der Waals surface area contributed by atoms with Gasteiger partial charge in [-0.05, 0) is 24.3 Å². The molecule has 0 bridgehead atoms. The first-order chi connectivity index (χ1) is 11.1. The molecule has 1 heterocycles. The molecule has 0 fully saturated rings. The van der Waals surface area contributed by atoms with Gasteiger partial charge >= 0.3 is 0 Å². The van der Waals surface area contributed by atoms with Crippen molar-refractivity contribution in [2.75, 3.05) is 6.54 Å². The van der Waals surface area contributed by atoms with Crippen LogP contribution in [0.5, 0.6) is 0 Å². The Labute approximate surface area is 137 Å². The van der Waals surface area contributed by atoms with Gasteiger partial charge in [-0.2, -0.15) is 5.10 Å². The van der Waals surface area contributed by atoms with Crippen molar-refractivity contribution in [2.45, 2.75) is 6.42 Å². The van der Waals surface area contributed by atoms with E-state index < -0.39 is 4.92 Å². The molecule has 7 heteroatoms. The summed E-state index contributed by atoms with van der Waals surface area (Å²) in [6, 6.07) is 13.1. The lowest BCUT2D eigenvalue weighted by atomic mass is 10.1. The largest absolute Gasteiger partial charge is 0.278 e. The van der Waals surface area contributed by atoms with Crippen LogP contribution in [0.1, 0.15) is 22.3 Å². The Bertz CT molecular complexity index is 805. The van der Waals surface area contributed by atoms with Crippen molar-refractivity contribution in [2.24, 2.45) is 5.10 Å². The minimum Gasteiger partial charge on any atom is -0.267 e. The number of hydrazone groups is 1. The van der Waals surface area contributed by atoms with Crippen LogP contribution < -0.4 is 0 Å². The summed E-state index contributed by atoms with van der Waals surface area (Å²) in [7, 11) is 0. The predicted octanol–water partition coefficient (Wildman–Crippen LogP) is 3.50. The molecule has 1 amide bonds. The molecule has 2 aromatic rings. The molecular formula is C16H12ClN3O3. The highest BCUT2D eigenvalue weighted by molar-refractivity contribution is 6.31. The lowest BCUT2D eigenvalue weighted by Gasteiger charge is -2.10. The van der Waals surface area contributed by atoms with Crippen LogP contribution in [-0.2, 0) is 0 Å². The van der Waals surface area contributed by atoms with E-state index in [2.05, 4.69) is 5.10 Å². The molecule has 0 aromatic heterocycles. The zero-order chi connectivity index (χ0) is 16.4. The van der Waals surface area contributed by atoms with E-state index in [0.717, 1.165) is 0 Å². The Morgan fingerprint density at radius 2 is 1.96 bits per heavy atom. The van der Waals surface area contributed by atoms with Gasteiger partial charge in [-0.25, -0.2) is 5.01 Å². The van der Waals surface area contributed by atoms with Crippen molar-refractivity contribution in [3.05, 3.63) is 74.8 Å². The smallest absolute Gasteiger partial charge is 0.267 e. The second-order valence-corrected chi connectivity index (χ2v) is 5.45. The summed E-state index contributed by atoms with van der Waals surface area (Å²) >= 11 is 5.94. The Morgan fingerprint density at radius 3 is 2.65 bits per heavy atom. The molecular weight excluding hydrogens is 318 g/mol. The second-order valence-electron chi connectivity index (χ2n) is 5.01. The number of amides is 1. The molecule has 2 aromatic carbocycles. The molecule has 1 aliphatic heterocycles. The lowest BCUT2D eigenvalue weighted by Crippen LogP contribution is -2.23. The maximum Gasteiger partial charge on any atom is 0.278 e. The highest BCUT2D eigenvalue weighted by Gasteiger charge is 2.27. The molecule has 0 saturated heterocycles. The molecule has 0 saturated carbocycles. The normalized spacial score (nSPS) is 13.8. The van der Waals surface area contributed by atoms with Gasteiger partial charge in [0.05, 0.1) is 22.7 Å². The van der Waals surface area contributed by atoms with Crippen molar-refractivity contribution in [1.29, 1.82) is 0 Å².